The number of aliphatic hydroxyl groups is 1. The average molecular weight is 368 g/mol. The van der Waals surface area contributed by atoms with E-state index < -0.39 is 5.60 Å². The molecule has 5 nitrogen and oxygen atoms in total. The van der Waals surface area contributed by atoms with Gasteiger partial charge in [-0.3, -0.25) is 4.79 Å². The molecule has 2 aromatic carbocycles. The number of hydrogen-bond acceptors (Lipinski definition) is 5. The molecule has 0 aliphatic heterocycles. The minimum Gasteiger partial charge on any atom is -0.497 e. The summed E-state index contributed by atoms with van der Waals surface area (Å²) in [5.74, 6) is 0.534. The van der Waals surface area contributed by atoms with Crippen LogP contribution in [-0.4, -0.2) is 29.7 Å². The van der Waals surface area contributed by atoms with Crippen LogP contribution in [0.5, 0.6) is 5.75 Å². The summed E-state index contributed by atoms with van der Waals surface area (Å²) in [5, 5.41) is 14.4. The molecule has 0 fully saturated rings. The van der Waals surface area contributed by atoms with Crippen LogP contribution >= 0.6 is 11.3 Å². The monoisotopic (exact) mass is 368 g/mol. The summed E-state index contributed by atoms with van der Waals surface area (Å²) in [7, 11) is 1.63. The van der Waals surface area contributed by atoms with Crippen molar-refractivity contribution >= 4 is 27.5 Å². The first-order valence-corrected chi connectivity index (χ1v) is 9.44. The number of amides is 1. The smallest absolute Gasteiger partial charge is 0.280 e. The Kier molecular flexibility index (Phi) is 4.38. The highest BCUT2D eigenvalue weighted by molar-refractivity contribution is 7.20. The zero-order valence-electron chi connectivity index (χ0n) is 14.5. The maximum Gasteiger partial charge on any atom is 0.280 e. The summed E-state index contributed by atoms with van der Waals surface area (Å²) >= 11 is 1.36. The van der Waals surface area contributed by atoms with Crippen molar-refractivity contribution in [3.8, 4) is 5.75 Å². The number of methoxy groups -OCH3 is 1. The Morgan fingerprint density at radius 3 is 3.00 bits per heavy atom. The molecule has 0 radical (unpaired) electrons. The van der Waals surface area contributed by atoms with Gasteiger partial charge in [-0.05, 0) is 54.7 Å². The van der Waals surface area contributed by atoms with E-state index in [1.165, 1.54) is 11.3 Å². The van der Waals surface area contributed by atoms with Gasteiger partial charge in [-0.25, -0.2) is 4.98 Å². The lowest BCUT2D eigenvalue weighted by atomic mass is 9.79. The van der Waals surface area contributed by atoms with Gasteiger partial charge >= 0.3 is 0 Å². The number of aryl methyl sites for hydroxylation is 1. The molecule has 134 valence electrons. The Hall–Kier alpha value is -2.44. The van der Waals surface area contributed by atoms with E-state index in [9.17, 15) is 9.90 Å². The number of benzene rings is 2. The highest BCUT2D eigenvalue weighted by Gasteiger charge is 2.35. The summed E-state index contributed by atoms with van der Waals surface area (Å²) < 4.78 is 6.25. The Labute approximate surface area is 155 Å². The zero-order valence-corrected chi connectivity index (χ0v) is 15.3. The molecule has 3 aromatic rings. The maximum absolute atomic E-state index is 12.5. The van der Waals surface area contributed by atoms with Gasteiger partial charge in [0.2, 0.25) is 0 Å². The normalized spacial score (nSPS) is 19.2. The molecule has 1 heterocycles. The largest absolute Gasteiger partial charge is 0.497 e. The van der Waals surface area contributed by atoms with E-state index in [1.807, 2.05) is 42.5 Å². The molecule has 0 spiro atoms. The molecule has 1 atom stereocenters. The molecule has 26 heavy (non-hydrogen) atoms. The lowest BCUT2D eigenvalue weighted by molar-refractivity contribution is 0.0189. The van der Waals surface area contributed by atoms with Crippen LogP contribution in [0.4, 0.5) is 0 Å². The summed E-state index contributed by atoms with van der Waals surface area (Å²) in [4.78, 5) is 16.9. The Bertz CT molecular complexity index is 936. The number of hydrogen-bond donors (Lipinski definition) is 2. The molecule has 0 saturated heterocycles. The predicted octanol–water partition coefficient (Wildman–Crippen LogP) is 3.26. The quantitative estimate of drug-likeness (QED) is 0.741. The molecule has 4 rings (SSSR count). The van der Waals surface area contributed by atoms with Crippen molar-refractivity contribution in [3.05, 3.63) is 58.6 Å². The lowest BCUT2D eigenvalue weighted by Crippen LogP contribution is -2.43. The second-order valence-corrected chi connectivity index (χ2v) is 7.61. The van der Waals surface area contributed by atoms with Crippen LogP contribution in [-0.2, 0) is 12.0 Å². The molecule has 1 aromatic heterocycles. The Morgan fingerprint density at radius 2 is 2.19 bits per heavy atom. The number of carbonyl (C=O) groups is 1. The summed E-state index contributed by atoms with van der Waals surface area (Å²) in [6.07, 6.45) is 2.39. The zero-order chi connectivity index (χ0) is 18.1. The topological polar surface area (TPSA) is 71.5 Å². The number of aromatic nitrogens is 1. The van der Waals surface area contributed by atoms with Gasteiger partial charge in [-0.1, -0.05) is 18.2 Å². The minimum absolute atomic E-state index is 0.168. The molecule has 1 unspecified atom stereocenters. The summed E-state index contributed by atoms with van der Waals surface area (Å²) in [6.45, 7) is 0.168. The van der Waals surface area contributed by atoms with Gasteiger partial charge in [0.1, 0.15) is 11.4 Å². The van der Waals surface area contributed by atoms with Crippen LogP contribution < -0.4 is 10.1 Å². The van der Waals surface area contributed by atoms with Crippen LogP contribution in [0.2, 0.25) is 0 Å². The number of nitrogens with zero attached hydrogens (tertiary/aromatic N) is 1. The molecule has 6 heteroatoms. The minimum atomic E-state index is -1.06. The van der Waals surface area contributed by atoms with Crippen molar-refractivity contribution in [2.75, 3.05) is 13.7 Å². The van der Waals surface area contributed by atoms with E-state index in [1.54, 1.807) is 7.11 Å². The molecule has 1 amide bonds. The Balaban J connectivity index is 1.53. The number of para-hydroxylation sites is 1. The van der Waals surface area contributed by atoms with E-state index in [0.29, 0.717) is 11.4 Å². The number of fused-ring (bicyclic) bond motifs is 2. The van der Waals surface area contributed by atoms with Crippen LogP contribution in [0.15, 0.2) is 42.5 Å². The van der Waals surface area contributed by atoms with Crippen molar-refractivity contribution in [2.24, 2.45) is 0 Å². The molecule has 0 bridgehead atoms. The van der Waals surface area contributed by atoms with E-state index in [0.717, 1.165) is 39.9 Å². The van der Waals surface area contributed by atoms with Crippen LogP contribution in [0, 0.1) is 0 Å². The van der Waals surface area contributed by atoms with E-state index in [-0.39, 0.29) is 12.5 Å². The predicted molar refractivity (Wildman–Crippen MR) is 102 cm³/mol. The fourth-order valence-electron chi connectivity index (χ4n) is 3.52. The number of ether oxygens (including phenoxy) is 1. The van der Waals surface area contributed by atoms with Gasteiger partial charge in [0, 0.05) is 0 Å². The second-order valence-electron chi connectivity index (χ2n) is 6.58. The molecular weight excluding hydrogens is 348 g/mol. The Morgan fingerprint density at radius 1 is 1.35 bits per heavy atom. The number of rotatable bonds is 4. The van der Waals surface area contributed by atoms with Gasteiger partial charge in [-0.15, -0.1) is 11.3 Å². The van der Waals surface area contributed by atoms with Gasteiger partial charge in [0.25, 0.3) is 5.91 Å². The first-order valence-electron chi connectivity index (χ1n) is 8.63. The van der Waals surface area contributed by atoms with Crippen molar-refractivity contribution < 1.29 is 14.6 Å². The molecule has 2 N–H and O–H groups in total. The lowest BCUT2D eigenvalue weighted by Gasteiger charge is -2.34. The first-order chi connectivity index (χ1) is 12.6. The molecule has 0 saturated carbocycles. The van der Waals surface area contributed by atoms with Crippen molar-refractivity contribution in [2.45, 2.75) is 24.9 Å². The number of carbonyl (C=O) groups excluding carboxylic acids is 1. The van der Waals surface area contributed by atoms with Gasteiger partial charge < -0.3 is 15.2 Å². The number of thiazole rings is 1. The summed E-state index contributed by atoms with van der Waals surface area (Å²) in [6, 6.07) is 13.4. The third-order valence-corrected chi connectivity index (χ3v) is 5.91. The number of nitrogens with one attached hydrogen (secondary N) is 1. The van der Waals surface area contributed by atoms with Gasteiger partial charge in [0.15, 0.2) is 5.01 Å². The SMILES string of the molecule is COc1ccc2c(c1)CCCC2(O)CNC(=O)c1nc2ccccc2s1. The van der Waals surface area contributed by atoms with Gasteiger partial charge in [0.05, 0.1) is 23.9 Å². The fraction of sp³-hybridized carbons (Fsp3) is 0.300. The van der Waals surface area contributed by atoms with E-state index in [2.05, 4.69) is 10.3 Å². The third kappa shape index (κ3) is 3.06. The van der Waals surface area contributed by atoms with E-state index >= 15 is 0 Å². The van der Waals surface area contributed by atoms with Crippen LogP contribution in [0.1, 0.15) is 33.8 Å². The second kappa shape index (κ2) is 6.70. The van der Waals surface area contributed by atoms with Crippen molar-refractivity contribution in [1.29, 1.82) is 0 Å². The van der Waals surface area contributed by atoms with Crippen LogP contribution in [0.3, 0.4) is 0 Å². The fourth-order valence-corrected chi connectivity index (χ4v) is 4.40. The van der Waals surface area contributed by atoms with Crippen LogP contribution in [0.25, 0.3) is 10.2 Å². The average Bonchev–Trinajstić information content (AvgIpc) is 3.10. The maximum atomic E-state index is 12.5. The first kappa shape index (κ1) is 17.0. The molecular formula is C20H20N2O3S. The highest BCUT2D eigenvalue weighted by Crippen LogP contribution is 2.36. The standard InChI is InChI=1S/C20H20N2O3S/c1-25-14-8-9-15-13(11-14)5-4-10-20(15,24)12-21-18(23)19-22-16-6-2-3-7-17(16)26-19/h2-3,6-9,11,24H,4-5,10,12H2,1H3,(H,21,23). The molecule has 1 aliphatic carbocycles. The summed E-state index contributed by atoms with van der Waals surface area (Å²) in [5.41, 5.74) is 1.70. The molecule has 1 aliphatic rings. The van der Waals surface area contributed by atoms with E-state index in [4.69, 9.17) is 4.74 Å². The van der Waals surface area contributed by atoms with Crippen molar-refractivity contribution in [1.82, 2.24) is 10.3 Å². The van der Waals surface area contributed by atoms with Crippen molar-refractivity contribution in [3.63, 3.8) is 0 Å². The van der Waals surface area contributed by atoms with Gasteiger partial charge in [-0.2, -0.15) is 0 Å². The third-order valence-electron chi connectivity index (χ3n) is 4.88. The highest BCUT2D eigenvalue weighted by atomic mass is 32.1.